The van der Waals surface area contributed by atoms with Crippen LogP contribution in [-0.2, 0) is 0 Å². The molecule has 4 nitrogen and oxygen atoms in total. The van der Waals surface area contributed by atoms with Gasteiger partial charge in [0.1, 0.15) is 0 Å². The fourth-order valence-corrected chi connectivity index (χ4v) is 1.43. The Bertz CT molecular complexity index is 384. The zero-order chi connectivity index (χ0) is 10.7. The predicted octanol–water partition coefficient (Wildman–Crippen LogP) is 1.43. The topological polar surface area (TPSA) is 47.9 Å². The van der Waals surface area contributed by atoms with Crippen LogP contribution in [0.3, 0.4) is 0 Å². The molecule has 4 heteroatoms. The lowest BCUT2D eigenvalue weighted by Crippen LogP contribution is -1.93. The molecule has 0 saturated heterocycles. The normalized spacial score (nSPS) is 13.5. The highest BCUT2D eigenvalue weighted by Crippen LogP contribution is 2.41. The number of ether oxygens (including phenoxy) is 3. The first-order valence-electron chi connectivity index (χ1n) is 4.60. The number of fused-ring (bicyclic) bond motifs is 1. The molecule has 0 unspecified atom stereocenters. The largest absolute Gasteiger partial charge is 0.493 e. The monoisotopic (exact) mass is 208 g/mol. The van der Waals surface area contributed by atoms with Crippen molar-refractivity contribution in [1.82, 2.24) is 0 Å². The first-order chi connectivity index (χ1) is 7.35. The molecule has 2 rings (SSSR count). The number of aliphatic hydroxyl groups is 1. The molecule has 0 bridgehead atoms. The molecule has 0 radical (unpaired) electrons. The molecule has 1 heterocycles. The van der Waals surface area contributed by atoms with Gasteiger partial charge in [0.25, 0.3) is 0 Å². The van der Waals surface area contributed by atoms with Crippen LogP contribution in [0.1, 0.15) is 5.56 Å². The summed E-state index contributed by atoms with van der Waals surface area (Å²) in [4.78, 5) is 0. The Morgan fingerprint density at radius 3 is 3.07 bits per heavy atom. The Morgan fingerprint density at radius 1 is 1.47 bits per heavy atom. The first-order valence-corrected chi connectivity index (χ1v) is 4.60. The molecule has 80 valence electrons. The molecule has 1 aromatic rings. The smallest absolute Gasteiger partial charge is 0.231 e. The molecule has 1 N–H and O–H groups in total. The fourth-order valence-electron chi connectivity index (χ4n) is 1.43. The van der Waals surface area contributed by atoms with Crippen LogP contribution in [0.4, 0.5) is 0 Å². The summed E-state index contributed by atoms with van der Waals surface area (Å²) in [5.74, 6) is 1.95. The molecule has 0 spiro atoms. The first kappa shape index (κ1) is 9.86. The Hall–Kier alpha value is -1.68. The average molecular weight is 208 g/mol. The molecule has 1 aliphatic rings. The Balaban J connectivity index is 2.39. The van der Waals surface area contributed by atoms with Crippen LogP contribution in [0.2, 0.25) is 0 Å². The second-order valence-electron chi connectivity index (χ2n) is 3.04. The van der Waals surface area contributed by atoms with Gasteiger partial charge in [-0.15, -0.1) is 0 Å². The molecule has 0 atom stereocenters. The number of rotatable bonds is 3. The molecule has 0 aromatic heterocycles. The minimum absolute atomic E-state index is 0.0107. The lowest BCUT2D eigenvalue weighted by Gasteiger charge is -2.05. The van der Waals surface area contributed by atoms with Crippen molar-refractivity contribution in [2.45, 2.75) is 0 Å². The fraction of sp³-hybridized carbons (Fsp3) is 0.273. The third-order valence-electron chi connectivity index (χ3n) is 2.10. The number of benzene rings is 1. The molecule has 1 aliphatic heterocycles. The lowest BCUT2D eigenvalue weighted by molar-refractivity contribution is 0.171. The van der Waals surface area contributed by atoms with Gasteiger partial charge in [0.05, 0.1) is 13.7 Å². The highest BCUT2D eigenvalue weighted by molar-refractivity contribution is 5.62. The van der Waals surface area contributed by atoms with Gasteiger partial charge in [-0.3, -0.25) is 0 Å². The molecule has 15 heavy (non-hydrogen) atoms. The Labute approximate surface area is 87.7 Å². The summed E-state index contributed by atoms with van der Waals surface area (Å²) in [6.07, 6.45) is 3.45. The quantitative estimate of drug-likeness (QED) is 0.816. The van der Waals surface area contributed by atoms with E-state index in [0.717, 1.165) is 5.56 Å². The molecule has 1 aromatic carbocycles. The van der Waals surface area contributed by atoms with Crippen molar-refractivity contribution in [2.24, 2.45) is 0 Å². The van der Waals surface area contributed by atoms with Crippen LogP contribution >= 0.6 is 0 Å². The molecular formula is C11H12O4. The Kier molecular flexibility index (Phi) is 2.78. The van der Waals surface area contributed by atoms with Crippen LogP contribution in [0, 0.1) is 0 Å². The van der Waals surface area contributed by atoms with Crippen LogP contribution in [0.5, 0.6) is 17.2 Å². The highest BCUT2D eigenvalue weighted by Gasteiger charge is 2.19. The molecule has 0 saturated carbocycles. The lowest BCUT2D eigenvalue weighted by atomic mass is 10.1. The van der Waals surface area contributed by atoms with Crippen molar-refractivity contribution in [3.8, 4) is 17.2 Å². The van der Waals surface area contributed by atoms with E-state index in [0.29, 0.717) is 17.2 Å². The number of aliphatic hydroxyl groups excluding tert-OH is 1. The predicted molar refractivity (Wildman–Crippen MR) is 55.2 cm³/mol. The summed E-state index contributed by atoms with van der Waals surface area (Å²) in [5, 5.41) is 8.67. The van der Waals surface area contributed by atoms with Crippen LogP contribution in [0.15, 0.2) is 18.2 Å². The van der Waals surface area contributed by atoms with Crippen LogP contribution in [-0.4, -0.2) is 25.6 Å². The van der Waals surface area contributed by atoms with E-state index in [1.165, 1.54) is 0 Å². The zero-order valence-corrected chi connectivity index (χ0v) is 8.40. The van der Waals surface area contributed by atoms with Gasteiger partial charge in [0.2, 0.25) is 12.5 Å². The highest BCUT2D eigenvalue weighted by atomic mass is 16.7. The van der Waals surface area contributed by atoms with Crippen molar-refractivity contribution in [3.63, 3.8) is 0 Å². The maximum Gasteiger partial charge on any atom is 0.231 e. The van der Waals surface area contributed by atoms with E-state index in [4.69, 9.17) is 19.3 Å². The third-order valence-corrected chi connectivity index (χ3v) is 2.10. The van der Waals surface area contributed by atoms with Crippen molar-refractivity contribution in [1.29, 1.82) is 0 Å². The second-order valence-corrected chi connectivity index (χ2v) is 3.04. The summed E-state index contributed by atoms with van der Waals surface area (Å²) in [6, 6.07) is 3.68. The number of hydrogen-bond acceptors (Lipinski definition) is 4. The molecule has 0 amide bonds. The van der Waals surface area contributed by atoms with E-state index in [9.17, 15) is 0 Å². The van der Waals surface area contributed by atoms with E-state index in [1.807, 2.05) is 12.1 Å². The van der Waals surface area contributed by atoms with E-state index in [1.54, 1.807) is 19.3 Å². The van der Waals surface area contributed by atoms with Gasteiger partial charge in [-0.05, 0) is 17.7 Å². The van der Waals surface area contributed by atoms with Gasteiger partial charge < -0.3 is 19.3 Å². The molecule has 0 aliphatic carbocycles. The third kappa shape index (κ3) is 1.89. The van der Waals surface area contributed by atoms with E-state index < -0.39 is 0 Å². The summed E-state index contributed by atoms with van der Waals surface area (Å²) < 4.78 is 15.7. The minimum Gasteiger partial charge on any atom is -0.493 e. The van der Waals surface area contributed by atoms with Gasteiger partial charge in [0, 0.05) is 0 Å². The summed E-state index contributed by atoms with van der Waals surface area (Å²) in [5.41, 5.74) is 0.908. The van der Waals surface area contributed by atoms with Crippen molar-refractivity contribution >= 4 is 6.08 Å². The molecule has 0 fully saturated rings. The van der Waals surface area contributed by atoms with Gasteiger partial charge in [0.15, 0.2) is 11.5 Å². The van der Waals surface area contributed by atoms with E-state index in [-0.39, 0.29) is 13.4 Å². The SMILES string of the molecule is COc1cc(/C=C/CO)cc2c1OCO2. The van der Waals surface area contributed by atoms with Gasteiger partial charge in [-0.1, -0.05) is 12.2 Å². The van der Waals surface area contributed by atoms with Crippen LogP contribution in [0.25, 0.3) is 6.08 Å². The summed E-state index contributed by atoms with van der Waals surface area (Å²) >= 11 is 0. The zero-order valence-electron chi connectivity index (χ0n) is 8.40. The summed E-state index contributed by atoms with van der Waals surface area (Å²) in [6.45, 7) is 0.232. The summed E-state index contributed by atoms with van der Waals surface area (Å²) in [7, 11) is 1.58. The van der Waals surface area contributed by atoms with Crippen molar-refractivity contribution in [3.05, 3.63) is 23.8 Å². The van der Waals surface area contributed by atoms with Gasteiger partial charge in [-0.25, -0.2) is 0 Å². The standard InChI is InChI=1S/C11H12O4/c1-13-9-5-8(3-2-4-12)6-10-11(9)15-7-14-10/h2-3,5-6,12H,4,7H2,1H3/b3-2+. The second kappa shape index (κ2) is 4.23. The average Bonchev–Trinajstić information content (AvgIpc) is 2.73. The minimum atomic E-state index is 0.0107. The van der Waals surface area contributed by atoms with Gasteiger partial charge >= 0.3 is 0 Å². The van der Waals surface area contributed by atoms with Crippen molar-refractivity contribution < 1.29 is 19.3 Å². The number of methoxy groups -OCH3 is 1. The number of hydrogen-bond donors (Lipinski definition) is 1. The van der Waals surface area contributed by atoms with Crippen molar-refractivity contribution in [2.75, 3.05) is 20.5 Å². The molecular weight excluding hydrogens is 196 g/mol. The Morgan fingerprint density at radius 2 is 2.33 bits per heavy atom. The van der Waals surface area contributed by atoms with E-state index >= 15 is 0 Å². The maximum atomic E-state index is 8.67. The van der Waals surface area contributed by atoms with Crippen LogP contribution < -0.4 is 14.2 Å². The maximum absolute atomic E-state index is 8.67. The van der Waals surface area contributed by atoms with Gasteiger partial charge in [-0.2, -0.15) is 0 Å². The van der Waals surface area contributed by atoms with E-state index in [2.05, 4.69) is 0 Å².